The molecule has 0 aromatic heterocycles. The molecule has 2 heterocycles. The van der Waals surface area contributed by atoms with Gasteiger partial charge in [-0.05, 0) is 88.2 Å². The number of rotatable bonds is 3. The van der Waals surface area contributed by atoms with Gasteiger partial charge in [0.2, 0.25) is 0 Å². The monoisotopic (exact) mass is 372 g/mol. The van der Waals surface area contributed by atoms with Crippen LogP contribution in [-0.2, 0) is 0 Å². The molecule has 4 heteroatoms. The molecule has 26 heavy (non-hydrogen) atoms. The van der Waals surface area contributed by atoms with Crippen LogP contribution in [0.5, 0.6) is 0 Å². The minimum atomic E-state index is 0.542. The maximum atomic E-state index is 5.66. The van der Waals surface area contributed by atoms with Crippen LogP contribution in [0.4, 0.5) is 5.69 Å². The summed E-state index contributed by atoms with van der Waals surface area (Å²) in [6.07, 6.45) is 12.7. The molecule has 0 amide bonds. The molecule has 0 unspecified atom stereocenters. The number of piperidine rings is 2. The lowest BCUT2D eigenvalue weighted by Gasteiger charge is -2.48. The Morgan fingerprint density at radius 2 is 1.62 bits per heavy atom. The van der Waals surface area contributed by atoms with Gasteiger partial charge in [0, 0.05) is 24.6 Å². The number of benzene rings is 1. The fourth-order valence-electron chi connectivity index (χ4n) is 5.84. The first-order valence-electron chi connectivity index (χ1n) is 10.6. The topological polar surface area (TPSA) is 28.5 Å². The van der Waals surface area contributed by atoms with E-state index in [1.165, 1.54) is 68.9 Å². The summed E-state index contributed by atoms with van der Waals surface area (Å²) in [6.45, 7) is 4.31. The van der Waals surface area contributed by atoms with E-state index in [9.17, 15) is 0 Å². The highest BCUT2D eigenvalue weighted by Crippen LogP contribution is 2.26. The number of anilines is 1. The van der Waals surface area contributed by atoms with Crippen molar-refractivity contribution < 1.29 is 4.90 Å². The first-order chi connectivity index (χ1) is 12.6. The number of thiocarbonyl (C=S) groups is 1. The van der Waals surface area contributed by atoms with Crippen molar-refractivity contribution in [2.24, 2.45) is 0 Å². The molecule has 1 aromatic carbocycles. The van der Waals surface area contributed by atoms with Crippen LogP contribution in [0, 0.1) is 13.8 Å². The summed E-state index contributed by atoms with van der Waals surface area (Å²) in [5.74, 6) is 0. The number of nitrogens with one attached hydrogen (secondary N) is 3. The lowest BCUT2D eigenvalue weighted by molar-refractivity contribution is -0.982. The number of quaternary nitrogens is 1. The Morgan fingerprint density at radius 3 is 2.31 bits per heavy atom. The van der Waals surface area contributed by atoms with Crippen LogP contribution in [0.1, 0.15) is 68.9 Å². The number of hydrogen-bond donors (Lipinski definition) is 3. The highest BCUT2D eigenvalue weighted by atomic mass is 32.1. The van der Waals surface area contributed by atoms with E-state index in [0.29, 0.717) is 6.04 Å². The van der Waals surface area contributed by atoms with Crippen LogP contribution in [0.15, 0.2) is 18.2 Å². The fourth-order valence-corrected chi connectivity index (χ4v) is 6.12. The Bertz CT molecular complexity index is 639. The van der Waals surface area contributed by atoms with Crippen molar-refractivity contribution in [2.45, 2.75) is 95.8 Å². The molecule has 3 aliphatic rings. The van der Waals surface area contributed by atoms with Crippen LogP contribution >= 0.6 is 12.2 Å². The average Bonchev–Trinajstić information content (AvgIpc) is 3.12. The van der Waals surface area contributed by atoms with Gasteiger partial charge >= 0.3 is 0 Å². The largest absolute Gasteiger partial charge is 0.359 e. The SMILES string of the molecule is Cc1cccc(NC(=S)NC2C[C@H]3CCC[C@H](C2)[NH+]3C2CCCC2)c1C. The molecular formula is C22H34N3S+. The second-order valence-electron chi connectivity index (χ2n) is 8.82. The average molecular weight is 373 g/mol. The summed E-state index contributed by atoms with van der Waals surface area (Å²) in [7, 11) is 0. The zero-order valence-corrected chi connectivity index (χ0v) is 17.1. The van der Waals surface area contributed by atoms with E-state index in [-0.39, 0.29) is 0 Å². The van der Waals surface area contributed by atoms with Crippen LogP contribution in [0.2, 0.25) is 0 Å². The lowest BCUT2D eigenvalue weighted by atomic mass is 9.80. The third kappa shape index (κ3) is 3.77. The van der Waals surface area contributed by atoms with Gasteiger partial charge in [-0.25, -0.2) is 0 Å². The number of hydrogen-bond acceptors (Lipinski definition) is 1. The Hall–Kier alpha value is -1.13. The highest BCUT2D eigenvalue weighted by Gasteiger charge is 2.45. The van der Waals surface area contributed by atoms with Gasteiger partial charge in [-0.2, -0.15) is 0 Å². The molecule has 3 nitrogen and oxygen atoms in total. The third-order valence-corrected chi connectivity index (χ3v) is 7.42. The summed E-state index contributed by atoms with van der Waals surface area (Å²) < 4.78 is 0. The van der Waals surface area contributed by atoms with Crippen molar-refractivity contribution in [1.82, 2.24) is 5.32 Å². The summed E-state index contributed by atoms with van der Waals surface area (Å²) >= 11 is 5.66. The number of fused-ring (bicyclic) bond motifs is 2. The molecule has 2 atom stereocenters. The van der Waals surface area contributed by atoms with Gasteiger partial charge in [-0.15, -0.1) is 0 Å². The predicted octanol–water partition coefficient (Wildman–Crippen LogP) is 3.50. The van der Waals surface area contributed by atoms with E-state index < -0.39 is 0 Å². The maximum Gasteiger partial charge on any atom is 0.171 e. The first-order valence-corrected chi connectivity index (χ1v) is 11.0. The molecule has 142 valence electrons. The second kappa shape index (κ2) is 7.85. The summed E-state index contributed by atoms with van der Waals surface area (Å²) in [5, 5.41) is 7.90. The lowest BCUT2D eigenvalue weighted by Crippen LogP contribution is -3.24. The summed E-state index contributed by atoms with van der Waals surface area (Å²) in [6, 6.07) is 9.57. The Balaban J connectivity index is 1.37. The minimum absolute atomic E-state index is 0.542. The van der Waals surface area contributed by atoms with Crippen molar-refractivity contribution >= 4 is 23.0 Å². The predicted molar refractivity (Wildman–Crippen MR) is 113 cm³/mol. The highest BCUT2D eigenvalue weighted by molar-refractivity contribution is 7.80. The zero-order valence-electron chi connectivity index (χ0n) is 16.3. The van der Waals surface area contributed by atoms with Gasteiger partial charge in [0.25, 0.3) is 0 Å². The molecule has 1 saturated carbocycles. The summed E-state index contributed by atoms with van der Waals surface area (Å²) in [5.41, 5.74) is 3.73. The van der Waals surface area contributed by atoms with Gasteiger partial charge in [-0.3, -0.25) is 0 Å². The van der Waals surface area contributed by atoms with Crippen LogP contribution in [0.3, 0.4) is 0 Å². The normalized spacial score (nSPS) is 31.6. The van der Waals surface area contributed by atoms with Crippen LogP contribution in [0.25, 0.3) is 0 Å². The van der Waals surface area contributed by atoms with E-state index in [1.807, 2.05) is 4.90 Å². The standard InChI is InChI=1S/C22H33N3S/c1-15-7-5-12-21(16(15)2)24-22(26)23-17-13-19-10-6-11-20(14-17)25(19)18-8-3-4-9-18/h5,7,12,17-20H,3-4,6,8-11,13-14H2,1-2H3,(H2,23,24,26)/p+1/t19-,20-/m1/s1. The zero-order chi connectivity index (χ0) is 18.1. The molecule has 4 rings (SSSR count). The smallest absolute Gasteiger partial charge is 0.171 e. The van der Waals surface area contributed by atoms with E-state index in [2.05, 4.69) is 42.7 Å². The first kappa shape index (κ1) is 18.2. The van der Waals surface area contributed by atoms with Crippen molar-refractivity contribution in [3.8, 4) is 0 Å². The van der Waals surface area contributed by atoms with Crippen molar-refractivity contribution in [1.29, 1.82) is 0 Å². The molecule has 2 aliphatic heterocycles. The molecule has 2 saturated heterocycles. The summed E-state index contributed by atoms with van der Waals surface area (Å²) in [4.78, 5) is 1.97. The third-order valence-electron chi connectivity index (χ3n) is 7.20. The van der Waals surface area contributed by atoms with Gasteiger partial charge < -0.3 is 15.5 Å². The van der Waals surface area contributed by atoms with Gasteiger partial charge in [0.05, 0.1) is 18.1 Å². The van der Waals surface area contributed by atoms with Gasteiger partial charge in [0.15, 0.2) is 5.11 Å². The van der Waals surface area contributed by atoms with E-state index in [4.69, 9.17) is 12.2 Å². The molecule has 1 aliphatic carbocycles. The van der Waals surface area contributed by atoms with E-state index >= 15 is 0 Å². The Morgan fingerprint density at radius 1 is 0.962 bits per heavy atom. The Labute approximate surface area is 163 Å². The molecule has 0 spiro atoms. The van der Waals surface area contributed by atoms with E-state index in [1.54, 1.807) is 0 Å². The van der Waals surface area contributed by atoms with Gasteiger partial charge in [0.1, 0.15) is 0 Å². The molecule has 3 fully saturated rings. The van der Waals surface area contributed by atoms with Crippen molar-refractivity contribution in [2.75, 3.05) is 5.32 Å². The molecule has 1 aromatic rings. The van der Waals surface area contributed by atoms with E-state index in [0.717, 1.165) is 28.9 Å². The molecule has 2 bridgehead atoms. The fraction of sp³-hybridized carbons (Fsp3) is 0.682. The van der Waals surface area contributed by atoms with Crippen LogP contribution < -0.4 is 15.5 Å². The molecular weight excluding hydrogens is 338 g/mol. The minimum Gasteiger partial charge on any atom is -0.359 e. The molecule has 0 radical (unpaired) electrons. The quantitative estimate of drug-likeness (QED) is 0.709. The maximum absolute atomic E-state index is 5.66. The van der Waals surface area contributed by atoms with Crippen molar-refractivity contribution in [3.05, 3.63) is 29.3 Å². The van der Waals surface area contributed by atoms with Crippen LogP contribution in [-0.4, -0.2) is 29.3 Å². The van der Waals surface area contributed by atoms with Gasteiger partial charge in [-0.1, -0.05) is 12.1 Å². The molecule has 3 N–H and O–H groups in total. The van der Waals surface area contributed by atoms with Crippen molar-refractivity contribution in [3.63, 3.8) is 0 Å². The Kier molecular flexibility index (Phi) is 5.51. The second-order valence-corrected chi connectivity index (χ2v) is 9.23. The number of aryl methyl sites for hydroxylation is 1.